The Morgan fingerprint density at radius 3 is 2.55 bits per heavy atom. The molecule has 2 aromatic carbocycles. The molecule has 2 nitrogen and oxygen atoms in total. The van der Waals surface area contributed by atoms with Gasteiger partial charge < -0.3 is 9.80 Å². The Kier molecular flexibility index (Phi) is 3.64. The molecule has 0 unspecified atom stereocenters. The lowest BCUT2D eigenvalue weighted by Gasteiger charge is -2.25. The third-order valence-corrected chi connectivity index (χ3v) is 3.87. The number of hydrogen-bond donors (Lipinski definition) is 0. The lowest BCUT2D eigenvalue weighted by atomic mass is 10.1. The third kappa shape index (κ3) is 2.65. The van der Waals surface area contributed by atoms with Crippen molar-refractivity contribution in [2.24, 2.45) is 0 Å². The quantitative estimate of drug-likeness (QED) is 0.781. The van der Waals surface area contributed by atoms with Crippen molar-refractivity contribution >= 4 is 23.0 Å². The zero-order valence-corrected chi connectivity index (χ0v) is 12.1. The summed E-state index contributed by atoms with van der Waals surface area (Å²) in [5, 5.41) is 0.722. The summed E-state index contributed by atoms with van der Waals surface area (Å²) >= 11 is 5.95. The Bertz CT molecular complexity index is 612. The van der Waals surface area contributed by atoms with Crippen LogP contribution in [-0.4, -0.2) is 25.0 Å². The maximum atomic E-state index is 13.5. The summed E-state index contributed by atoms with van der Waals surface area (Å²) in [5.74, 6) is -0.185. The maximum Gasteiger partial charge on any atom is 0.123 e. The normalized spacial score (nSPS) is 15.8. The van der Waals surface area contributed by atoms with Crippen LogP contribution >= 0.6 is 11.6 Å². The topological polar surface area (TPSA) is 6.48 Å². The van der Waals surface area contributed by atoms with Crippen molar-refractivity contribution in [3.8, 4) is 0 Å². The average molecular weight is 291 g/mol. The molecule has 0 aromatic heterocycles. The fourth-order valence-corrected chi connectivity index (χ4v) is 2.72. The highest BCUT2D eigenvalue weighted by atomic mass is 35.5. The molecule has 1 heterocycles. The Morgan fingerprint density at radius 1 is 1.05 bits per heavy atom. The van der Waals surface area contributed by atoms with Crippen molar-refractivity contribution in [2.45, 2.75) is 6.54 Å². The monoisotopic (exact) mass is 290 g/mol. The van der Waals surface area contributed by atoms with E-state index < -0.39 is 0 Å². The van der Waals surface area contributed by atoms with Crippen molar-refractivity contribution in [3.63, 3.8) is 0 Å². The van der Waals surface area contributed by atoms with Crippen LogP contribution < -0.4 is 4.90 Å². The number of hydrogen-bond acceptors (Lipinski definition) is 2. The van der Waals surface area contributed by atoms with Gasteiger partial charge in [0.05, 0.1) is 0 Å². The molecule has 0 saturated heterocycles. The van der Waals surface area contributed by atoms with Crippen molar-refractivity contribution in [2.75, 3.05) is 25.0 Å². The molecule has 1 aliphatic rings. The van der Waals surface area contributed by atoms with Gasteiger partial charge in [-0.05, 0) is 55.1 Å². The van der Waals surface area contributed by atoms with Crippen LogP contribution in [0.2, 0.25) is 5.02 Å². The van der Waals surface area contributed by atoms with E-state index in [1.807, 2.05) is 30.3 Å². The first-order valence-electron chi connectivity index (χ1n) is 6.63. The predicted molar refractivity (Wildman–Crippen MR) is 81.2 cm³/mol. The first-order valence-corrected chi connectivity index (χ1v) is 7.01. The molecule has 4 heteroatoms. The van der Waals surface area contributed by atoms with E-state index in [4.69, 9.17) is 11.6 Å². The zero-order valence-electron chi connectivity index (χ0n) is 11.3. The zero-order chi connectivity index (χ0) is 14.1. The molecule has 0 atom stereocenters. The second-order valence-electron chi connectivity index (χ2n) is 5.14. The molecule has 0 N–H and O–H groups in total. The molecule has 0 spiro atoms. The van der Waals surface area contributed by atoms with Gasteiger partial charge in [-0.2, -0.15) is 0 Å². The van der Waals surface area contributed by atoms with E-state index in [1.165, 1.54) is 6.07 Å². The maximum absolute atomic E-state index is 13.5. The summed E-state index contributed by atoms with van der Waals surface area (Å²) in [6.07, 6.45) is 0. The Balaban J connectivity index is 2.05. The van der Waals surface area contributed by atoms with Crippen molar-refractivity contribution in [1.82, 2.24) is 4.90 Å². The Hall–Kier alpha value is -1.58. The summed E-state index contributed by atoms with van der Waals surface area (Å²) in [6, 6.07) is 12.8. The highest BCUT2D eigenvalue weighted by molar-refractivity contribution is 6.30. The van der Waals surface area contributed by atoms with Gasteiger partial charge in [0.15, 0.2) is 0 Å². The van der Waals surface area contributed by atoms with Gasteiger partial charge in [0.2, 0.25) is 0 Å². The fraction of sp³-hybridized carbons (Fsp3) is 0.250. The van der Waals surface area contributed by atoms with Crippen LogP contribution in [0.25, 0.3) is 0 Å². The molecule has 104 valence electrons. The smallest absolute Gasteiger partial charge is 0.123 e. The van der Waals surface area contributed by atoms with Gasteiger partial charge in [-0.3, -0.25) is 0 Å². The van der Waals surface area contributed by atoms with E-state index >= 15 is 0 Å². The first kappa shape index (κ1) is 13.4. The molecule has 0 fully saturated rings. The lowest BCUT2D eigenvalue weighted by molar-refractivity contribution is 0.343. The lowest BCUT2D eigenvalue weighted by Crippen LogP contribution is -2.26. The predicted octanol–water partition coefficient (Wildman–Crippen LogP) is 4.06. The van der Waals surface area contributed by atoms with Gasteiger partial charge in [-0.25, -0.2) is 4.39 Å². The van der Waals surface area contributed by atoms with Gasteiger partial charge in [0.1, 0.15) is 5.82 Å². The summed E-state index contributed by atoms with van der Waals surface area (Å²) < 4.78 is 13.5. The van der Waals surface area contributed by atoms with Crippen LogP contribution in [0.4, 0.5) is 15.8 Å². The van der Waals surface area contributed by atoms with E-state index in [-0.39, 0.29) is 5.82 Å². The minimum atomic E-state index is -0.185. The Labute approximate surface area is 123 Å². The van der Waals surface area contributed by atoms with Crippen LogP contribution in [0.1, 0.15) is 5.56 Å². The van der Waals surface area contributed by atoms with Crippen LogP contribution in [-0.2, 0) is 6.54 Å². The molecule has 3 rings (SSSR count). The molecule has 0 bridgehead atoms. The SMILES string of the molecule is CN1CCN(c2ccc(Cl)cc2)c2ccc(F)cc2C1. The summed E-state index contributed by atoms with van der Waals surface area (Å²) in [6.45, 7) is 2.56. The third-order valence-electron chi connectivity index (χ3n) is 3.62. The number of likely N-dealkylation sites (N-methyl/N-ethyl adjacent to an activating group) is 1. The van der Waals surface area contributed by atoms with Crippen molar-refractivity contribution < 1.29 is 4.39 Å². The van der Waals surface area contributed by atoms with Crippen molar-refractivity contribution in [1.29, 1.82) is 0 Å². The van der Waals surface area contributed by atoms with Crippen LogP contribution in [0.15, 0.2) is 42.5 Å². The molecular weight excluding hydrogens is 275 g/mol. The van der Waals surface area contributed by atoms with Gasteiger partial charge in [-0.1, -0.05) is 11.6 Å². The van der Waals surface area contributed by atoms with E-state index in [1.54, 1.807) is 6.07 Å². The standard InChI is InChI=1S/C16H16ClFN2/c1-19-8-9-20(15-5-2-13(17)3-6-15)16-7-4-14(18)10-12(16)11-19/h2-7,10H,8-9,11H2,1H3. The molecule has 0 amide bonds. The minimum Gasteiger partial charge on any atom is -0.340 e. The van der Waals surface area contributed by atoms with Crippen LogP contribution in [0, 0.1) is 5.82 Å². The van der Waals surface area contributed by atoms with Gasteiger partial charge in [0.25, 0.3) is 0 Å². The molecule has 2 aromatic rings. The Morgan fingerprint density at radius 2 is 1.80 bits per heavy atom. The number of nitrogens with zero attached hydrogens (tertiary/aromatic N) is 2. The van der Waals surface area contributed by atoms with E-state index in [0.29, 0.717) is 0 Å². The van der Waals surface area contributed by atoms with Gasteiger partial charge in [0, 0.05) is 36.0 Å². The number of fused-ring (bicyclic) bond motifs is 1. The number of benzene rings is 2. The summed E-state index contributed by atoms with van der Waals surface area (Å²) in [4.78, 5) is 4.42. The van der Waals surface area contributed by atoms with Crippen LogP contribution in [0.5, 0.6) is 0 Å². The summed E-state index contributed by atoms with van der Waals surface area (Å²) in [7, 11) is 2.06. The van der Waals surface area contributed by atoms with Gasteiger partial charge >= 0.3 is 0 Å². The largest absolute Gasteiger partial charge is 0.340 e. The molecule has 0 saturated carbocycles. The molecule has 20 heavy (non-hydrogen) atoms. The van der Waals surface area contributed by atoms with E-state index in [2.05, 4.69) is 16.8 Å². The highest BCUT2D eigenvalue weighted by Gasteiger charge is 2.19. The second kappa shape index (κ2) is 5.43. The molecule has 0 aliphatic carbocycles. The van der Waals surface area contributed by atoms with Crippen LogP contribution in [0.3, 0.4) is 0 Å². The second-order valence-corrected chi connectivity index (χ2v) is 5.58. The minimum absolute atomic E-state index is 0.185. The first-order chi connectivity index (χ1) is 9.63. The molecular formula is C16H16ClFN2. The summed E-state index contributed by atoms with van der Waals surface area (Å²) in [5.41, 5.74) is 3.16. The fourth-order valence-electron chi connectivity index (χ4n) is 2.59. The molecule has 0 radical (unpaired) electrons. The average Bonchev–Trinajstić information content (AvgIpc) is 2.58. The van der Waals surface area contributed by atoms with E-state index in [9.17, 15) is 4.39 Å². The van der Waals surface area contributed by atoms with Crippen molar-refractivity contribution in [3.05, 3.63) is 58.9 Å². The number of halogens is 2. The van der Waals surface area contributed by atoms with Gasteiger partial charge in [-0.15, -0.1) is 0 Å². The van der Waals surface area contributed by atoms with E-state index in [0.717, 1.165) is 41.6 Å². The molecule has 1 aliphatic heterocycles. The number of anilines is 2. The number of rotatable bonds is 1. The highest BCUT2D eigenvalue weighted by Crippen LogP contribution is 2.32.